The van der Waals surface area contributed by atoms with Gasteiger partial charge in [0.05, 0.1) is 12.8 Å². The molecule has 3 rings (SSSR count). The standard InChI is InChI=1S/C21H24FN7O2/c1-14-24-13-29(27-14)18-9-8-16(12-19(18)31-5)25-17-11-15(7-6-10-30-4)26-21(28(3)22)20(17)23-2/h8-9,11-13,23H,10H2,1-5H3,(H,25,26). The third kappa shape index (κ3) is 5.02. The Morgan fingerprint density at radius 1 is 1.26 bits per heavy atom. The molecule has 0 fully saturated rings. The average Bonchev–Trinajstić information content (AvgIpc) is 3.19. The molecule has 0 unspecified atom stereocenters. The summed E-state index contributed by atoms with van der Waals surface area (Å²) in [6.45, 7) is 2.06. The van der Waals surface area contributed by atoms with Gasteiger partial charge in [0.25, 0.3) is 0 Å². The van der Waals surface area contributed by atoms with Gasteiger partial charge in [-0.25, -0.2) is 14.6 Å². The van der Waals surface area contributed by atoms with Gasteiger partial charge in [0.15, 0.2) is 5.82 Å². The normalized spacial score (nSPS) is 10.3. The van der Waals surface area contributed by atoms with E-state index in [-0.39, 0.29) is 12.4 Å². The molecule has 0 amide bonds. The second-order valence-electron chi connectivity index (χ2n) is 6.46. The topological polar surface area (TPSA) is 89.4 Å². The van der Waals surface area contributed by atoms with E-state index in [1.165, 1.54) is 7.05 Å². The Hall–Kier alpha value is -3.84. The number of benzene rings is 1. The van der Waals surface area contributed by atoms with E-state index >= 15 is 0 Å². The molecule has 2 aromatic heterocycles. The van der Waals surface area contributed by atoms with E-state index in [1.54, 1.807) is 38.3 Å². The number of nitrogens with one attached hydrogen (secondary N) is 2. The molecule has 0 saturated carbocycles. The van der Waals surface area contributed by atoms with E-state index in [2.05, 4.69) is 37.5 Å². The molecule has 0 aliphatic carbocycles. The maximum Gasteiger partial charge on any atom is 0.183 e. The van der Waals surface area contributed by atoms with E-state index in [0.717, 1.165) is 11.4 Å². The average molecular weight is 425 g/mol. The van der Waals surface area contributed by atoms with Crippen LogP contribution < -0.4 is 20.5 Å². The van der Waals surface area contributed by atoms with Crippen LogP contribution in [0.15, 0.2) is 30.6 Å². The lowest BCUT2D eigenvalue weighted by Gasteiger charge is -2.18. The Bertz CT molecular complexity index is 1120. The Kier molecular flexibility index (Phi) is 6.89. The summed E-state index contributed by atoms with van der Waals surface area (Å²) in [5.74, 6) is 7.08. The van der Waals surface area contributed by atoms with Gasteiger partial charge in [-0.2, -0.15) is 10.2 Å². The summed E-state index contributed by atoms with van der Waals surface area (Å²) in [5, 5.41) is 11.0. The van der Waals surface area contributed by atoms with Crippen LogP contribution in [0, 0.1) is 18.8 Å². The van der Waals surface area contributed by atoms with Crippen molar-refractivity contribution in [3.8, 4) is 23.3 Å². The molecule has 0 saturated heterocycles. The van der Waals surface area contributed by atoms with E-state index in [4.69, 9.17) is 9.47 Å². The zero-order valence-electron chi connectivity index (χ0n) is 18.0. The molecule has 0 bridgehead atoms. The van der Waals surface area contributed by atoms with Gasteiger partial charge >= 0.3 is 0 Å². The van der Waals surface area contributed by atoms with Crippen molar-refractivity contribution < 1.29 is 14.0 Å². The fourth-order valence-electron chi connectivity index (χ4n) is 2.92. The number of nitrogens with zero attached hydrogens (tertiary/aromatic N) is 5. The molecule has 0 spiro atoms. The lowest BCUT2D eigenvalue weighted by atomic mass is 10.2. The number of anilines is 4. The van der Waals surface area contributed by atoms with E-state index in [0.29, 0.717) is 33.8 Å². The lowest BCUT2D eigenvalue weighted by molar-refractivity contribution is 0.240. The van der Waals surface area contributed by atoms with E-state index in [1.807, 2.05) is 25.1 Å². The molecular weight excluding hydrogens is 401 g/mol. The monoisotopic (exact) mass is 425 g/mol. The number of rotatable bonds is 7. The third-order valence-corrected chi connectivity index (χ3v) is 4.29. The molecular formula is C21H24FN7O2. The van der Waals surface area contributed by atoms with Crippen LogP contribution in [-0.2, 0) is 4.74 Å². The fourth-order valence-corrected chi connectivity index (χ4v) is 2.92. The molecule has 0 radical (unpaired) electrons. The summed E-state index contributed by atoms with van der Waals surface area (Å²) in [6.07, 6.45) is 1.62. The number of hydrogen-bond acceptors (Lipinski definition) is 8. The summed E-state index contributed by atoms with van der Waals surface area (Å²) < 4.78 is 26.2. The van der Waals surface area contributed by atoms with Gasteiger partial charge in [-0.05, 0) is 31.0 Å². The maximum absolute atomic E-state index is 14.1. The number of pyridine rings is 1. The summed E-state index contributed by atoms with van der Waals surface area (Å²) in [6, 6.07) is 7.28. The highest BCUT2D eigenvalue weighted by Crippen LogP contribution is 2.35. The second kappa shape index (κ2) is 9.77. The second-order valence-corrected chi connectivity index (χ2v) is 6.46. The Labute approximate surface area is 180 Å². The highest BCUT2D eigenvalue weighted by atomic mass is 19.2. The van der Waals surface area contributed by atoms with Crippen molar-refractivity contribution in [2.24, 2.45) is 0 Å². The molecule has 31 heavy (non-hydrogen) atoms. The van der Waals surface area contributed by atoms with Gasteiger partial charge in [0, 0.05) is 33.0 Å². The fraction of sp³-hybridized carbons (Fsp3) is 0.286. The number of aryl methyl sites for hydroxylation is 1. The van der Waals surface area contributed by atoms with Gasteiger partial charge in [-0.15, -0.1) is 0 Å². The number of methoxy groups -OCH3 is 2. The van der Waals surface area contributed by atoms with Crippen LogP contribution in [0.2, 0.25) is 0 Å². The number of hydrogen-bond donors (Lipinski definition) is 2. The zero-order chi connectivity index (χ0) is 22.4. The van der Waals surface area contributed by atoms with Gasteiger partial charge in [0.1, 0.15) is 41.6 Å². The van der Waals surface area contributed by atoms with Gasteiger partial charge < -0.3 is 20.1 Å². The van der Waals surface area contributed by atoms with Crippen molar-refractivity contribution in [2.75, 3.05) is 50.7 Å². The van der Waals surface area contributed by atoms with Crippen molar-refractivity contribution in [3.63, 3.8) is 0 Å². The number of ether oxygens (including phenoxy) is 2. The maximum atomic E-state index is 14.1. The number of halogens is 1. The minimum Gasteiger partial charge on any atom is -0.494 e. The van der Waals surface area contributed by atoms with Gasteiger partial charge in [0.2, 0.25) is 0 Å². The zero-order valence-corrected chi connectivity index (χ0v) is 18.0. The molecule has 9 nitrogen and oxygen atoms in total. The quantitative estimate of drug-likeness (QED) is 0.441. The first-order chi connectivity index (χ1) is 15.0. The minimum atomic E-state index is 0.107. The van der Waals surface area contributed by atoms with Crippen molar-refractivity contribution in [1.82, 2.24) is 19.7 Å². The van der Waals surface area contributed by atoms with Crippen molar-refractivity contribution in [3.05, 3.63) is 42.1 Å². The molecule has 3 aromatic rings. The first-order valence-electron chi connectivity index (χ1n) is 9.40. The summed E-state index contributed by atoms with van der Waals surface area (Å²) in [7, 11) is 6.11. The van der Waals surface area contributed by atoms with Crippen LogP contribution in [-0.4, -0.2) is 54.7 Å². The van der Waals surface area contributed by atoms with Crippen LogP contribution in [0.3, 0.4) is 0 Å². The Balaban J connectivity index is 2.01. The summed E-state index contributed by atoms with van der Waals surface area (Å²) in [5.41, 5.74) is 2.96. The molecule has 2 N–H and O–H groups in total. The van der Waals surface area contributed by atoms with Crippen molar-refractivity contribution >= 4 is 22.9 Å². The summed E-state index contributed by atoms with van der Waals surface area (Å²) >= 11 is 0. The van der Waals surface area contributed by atoms with Crippen molar-refractivity contribution in [2.45, 2.75) is 6.92 Å². The minimum absolute atomic E-state index is 0.107. The van der Waals surface area contributed by atoms with Crippen LogP contribution in [0.1, 0.15) is 11.5 Å². The van der Waals surface area contributed by atoms with Gasteiger partial charge in [-0.3, -0.25) is 0 Å². The van der Waals surface area contributed by atoms with Gasteiger partial charge in [-0.1, -0.05) is 10.4 Å². The largest absolute Gasteiger partial charge is 0.494 e. The molecule has 162 valence electrons. The smallest absolute Gasteiger partial charge is 0.183 e. The Morgan fingerprint density at radius 3 is 2.68 bits per heavy atom. The third-order valence-electron chi connectivity index (χ3n) is 4.29. The predicted octanol–water partition coefficient (Wildman–Crippen LogP) is 3.08. The van der Waals surface area contributed by atoms with Crippen molar-refractivity contribution in [1.29, 1.82) is 0 Å². The first kappa shape index (κ1) is 21.9. The molecule has 1 aromatic carbocycles. The van der Waals surface area contributed by atoms with Crippen LogP contribution >= 0.6 is 0 Å². The molecule has 0 aliphatic rings. The van der Waals surface area contributed by atoms with E-state index in [9.17, 15) is 4.48 Å². The molecule has 2 heterocycles. The molecule has 0 atom stereocenters. The SMILES string of the molecule is CNc1c(Nc2ccc(-n3cnc(C)n3)c(OC)c2)cc(C#CCOC)nc1N(C)F. The van der Waals surface area contributed by atoms with E-state index < -0.39 is 0 Å². The number of aromatic nitrogens is 4. The molecule has 0 aliphatic heterocycles. The lowest BCUT2D eigenvalue weighted by Crippen LogP contribution is -2.11. The van der Waals surface area contributed by atoms with Crippen LogP contribution in [0.4, 0.5) is 27.4 Å². The predicted molar refractivity (Wildman–Crippen MR) is 118 cm³/mol. The van der Waals surface area contributed by atoms with Crippen LogP contribution in [0.25, 0.3) is 5.69 Å². The highest BCUT2D eigenvalue weighted by molar-refractivity contribution is 5.84. The molecule has 10 heteroatoms. The highest BCUT2D eigenvalue weighted by Gasteiger charge is 2.16. The Morgan fingerprint density at radius 2 is 2.06 bits per heavy atom. The summed E-state index contributed by atoms with van der Waals surface area (Å²) in [4.78, 5) is 8.43. The van der Waals surface area contributed by atoms with Crippen LogP contribution in [0.5, 0.6) is 5.75 Å². The first-order valence-corrected chi connectivity index (χ1v) is 9.40.